The molecule has 1 aliphatic rings. The topological polar surface area (TPSA) is 75.7 Å². The first-order valence-electron chi connectivity index (χ1n) is 8.01. The SMILES string of the molecule is O=C(Cc1ccsc1)NCc1ccccc1S(=O)(=O)N1CCOCC1. The number of hydrogen-bond donors (Lipinski definition) is 1. The molecule has 1 aliphatic heterocycles. The number of rotatable bonds is 6. The van der Waals surface area contributed by atoms with Crippen LogP contribution in [0, 0.1) is 0 Å². The third-order valence-electron chi connectivity index (χ3n) is 3.98. The van der Waals surface area contributed by atoms with E-state index in [9.17, 15) is 13.2 Å². The molecule has 8 heteroatoms. The van der Waals surface area contributed by atoms with Crippen molar-refractivity contribution in [3.8, 4) is 0 Å². The van der Waals surface area contributed by atoms with Gasteiger partial charge in [-0.2, -0.15) is 15.6 Å². The maximum Gasteiger partial charge on any atom is 0.243 e. The molecule has 1 aromatic carbocycles. The van der Waals surface area contributed by atoms with Gasteiger partial charge in [-0.3, -0.25) is 4.79 Å². The van der Waals surface area contributed by atoms with Crippen LogP contribution in [-0.4, -0.2) is 44.9 Å². The summed E-state index contributed by atoms with van der Waals surface area (Å²) in [5.74, 6) is -0.128. The molecule has 0 radical (unpaired) electrons. The second-order valence-corrected chi connectivity index (χ2v) is 8.40. The summed E-state index contributed by atoms with van der Waals surface area (Å²) in [5, 5.41) is 6.66. The first kappa shape index (κ1) is 18.1. The van der Waals surface area contributed by atoms with Crippen LogP contribution in [0.3, 0.4) is 0 Å². The van der Waals surface area contributed by atoms with E-state index in [-0.39, 0.29) is 17.3 Å². The lowest BCUT2D eigenvalue weighted by Crippen LogP contribution is -2.41. The number of nitrogens with one attached hydrogen (secondary N) is 1. The van der Waals surface area contributed by atoms with E-state index in [0.29, 0.717) is 38.3 Å². The summed E-state index contributed by atoms with van der Waals surface area (Å²) >= 11 is 1.54. The highest BCUT2D eigenvalue weighted by Crippen LogP contribution is 2.21. The van der Waals surface area contributed by atoms with Gasteiger partial charge in [0.2, 0.25) is 15.9 Å². The summed E-state index contributed by atoms with van der Waals surface area (Å²) in [6.45, 7) is 1.68. The molecular weight excluding hydrogens is 360 g/mol. The number of thiophene rings is 1. The fraction of sp³-hybridized carbons (Fsp3) is 0.353. The van der Waals surface area contributed by atoms with E-state index < -0.39 is 10.0 Å². The molecule has 1 N–H and O–H groups in total. The highest BCUT2D eigenvalue weighted by Gasteiger charge is 2.28. The van der Waals surface area contributed by atoms with Crippen molar-refractivity contribution in [3.63, 3.8) is 0 Å². The Hall–Kier alpha value is -1.74. The monoisotopic (exact) mass is 380 g/mol. The number of nitrogens with zero attached hydrogens (tertiary/aromatic N) is 1. The molecule has 0 spiro atoms. The van der Waals surface area contributed by atoms with Gasteiger partial charge in [0.05, 0.1) is 24.5 Å². The van der Waals surface area contributed by atoms with Crippen LogP contribution in [0.2, 0.25) is 0 Å². The predicted molar refractivity (Wildman–Crippen MR) is 95.9 cm³/mol. The molecule has 0 saturated carbocycles. The van der Waals surface area contributed by atoms with Gasteiger partial charge in [-0.05, 0) is 34.0 Å². The van der Waals surface area contributed by atoms with Crippen molar-refractivity contribution in [2.24, 2.45) is 0 Å². The molecule has 1 amide bonds. The fourth-order valence-corrected chi connectivity index (χ4v) is 4.96. The molecule has 134 valence electrons. The molecular formula is C17H20N2O4S2. The van der Waals surface area contributed by atoms with E-state index in [1.54, 1.807) is 35.6 Å². The minimum absolute atomic E-state index is 0.128. The second kappa shape index (κ2) is 8.09. The first-order chi connectivity index (χ1) is 12.1. The van der Waals surface area contributed by atoms with Crippen LogP contribution in [0.4, 0.5) is 0 Å². The molecule has 1 saturated heterocycles. The van der Waals surface area contributed by atoms with Gasteiger partial charge in [-0.25, -0.2) is 8.42 Å². The minimum atomic E-state index is -3.59. The number of ether oxygens (including phenoxy) is 1. The highest BCUT2D eigenvalue weighted by molar-refractivity contribution is 7.89. The minimum Gasteiger partial charge on any atom is -0.379 e. The number of carbonyl (C=O) groups excluding carboxylic acids is 1. The lowest BCUT2D eigenvalue weighted by Gasteiger charge is -2.27. The third kappa shape index (κ3) is 4.46. The molecule has 0 atom stereocenters. The fourth-order valence-electron chi connectivity index (χ4n) is 2.66. The zero-order valence-corrected chi connectivity index (χ0v) is 15.3. The maximum atomic E-state index is 12.9. The van der Waals surface area contributed by atoms with E-state index >= 15 is 0 Å². The standard InChI is InChI=1S/C17H20N2O4S2/c20-17(11-14-5-10-24-13-14)18-12-15-3-1-2-4-16(15)25(21,22)19-6-8-23-9-7-19/h1-5,10,13H,6-9,11-12H2,(H,18,20). The van der Waals surface area contributed by atoms with Crippen molar-refractivity contribution in [1.82, 2.24) is 9.62 Å². The zero-order valence-electron chi connectivity index (χ0n) is 13.7. The van der Waals surface area contributed by atoms with Gasteiger partial charge in [-0.15, -0.1) is 0 Å². The van der Waals surface area contributed by atoms with Crippen molar-refractivity contribution in [2.45, 2.75) is 17.9 Å². The molecule has 6 nitrogen and oxygen atoms in total. The van der Waals surface area contributed by atoms with E-state index in [1.807, 2.05) is 16.8 Å². The largest absolute Gasteiger partial charge is 0.379 e. The van der Waals surface area contributed by atoms with Crippen LogP contribution >= 0.6 is 11.3 Å². The van der Waals surface area contributed by atoms with Gasteiger partial charge in [-0.1, -0.05) is 18.2 Å². The van der Waals surface area contributed by atoms with Crippen molar-refractivity contribution in [3.05, 3.63) is 52.2 Å². The van der Waals surface area contributed by atoms with E-state index in [0.717, 1.165) is 5.56 Å². The van der Waals surface area contributed by atoms with Gasteiger partial charge in [0.15, 0.2) is 0 Å². The van der Waals surface area contributed by atoms with Crippen molar-refractivity contribution in [2.75, 3.05) is 26.3 Å². The smallest absolute Gasteiger partial charge is 0.243 e. The Labute approximate surface area is 151 Å². The average molecular weight is 380 g/mol. The molecule has 25 heavy (non-hydrogen) atoms. The molecule has 2 aromatic rings. The Morgan fingerprint density at radius 3 is 2.68 bits per heavy atom. The number of hydrogen-bond acceptors (Lipinski definition) is 5. The lowest BCUT2D eigenvalue weighted by molar-refractivity contribution is -0.120. The van der Waals surface area contributed by atoms with Crippen LogP contribution in [-0.2, 0) is 32.5 Å². The Kier molecular flexibility index (Phi) is 5.85. The summed E-state index contributed by atoms with van der Waals surface area (Å²) in [7, 11) is -3.59. The predicted octanol–water partition coefficient (Wildman–Crippen LogP) is 1.63. The molecule has 1 aromatic heterocycles. The highest BCUT2D eigenvalue weighted by atomic mass is 32.2. The van der Waals surface area contributed by atoms with Gasteiger partial charge in [0.25, 0.3) is 0 Å². The second-order valence-electron chi connectivity index (χ2n) is 5.71. The summed E-state index contributed by atoms with van der Waals surface area (Å²) in [5.41, 5.74) is 1.55. The Morgan fingerprint density at radius 2 is 1.96 bits per heavy atom. The van der Waals surface area contributed by atoms with Crippen LogP contribution in [0.1, 0.15) is 11.1 Å². The third-order valence-corrected chi connectivity index (χ3v) is 6.71. The quantitative estimate of drug-likeness (QED) is 0.826. The normalized spacial score (nSPS) is 15.8. The summed E-state index contributed by atoms with van der Waals surface area (Å²) in [6.07, 6.45) is 0.294. The molecule has 0 aliphatic carbocycles. The van der Waals surface area contributed by atoms with Crippen LogP contribution in [0.25, 0.3) is 0 Å². The summed E-state index contributed by atoms with van der Waals surface area (Å²) in [6, 6.07) is 8.70. The summed E-state index contributed by atoms with van der Waals surface area (Å²) < 4.78 is 32.4. The first-order valence-corrected chi connectivity index (χ1v) is 10.4. The lowest BCUT2D eigenvalue weighted by atomic mass is 10.2. The van der Waals surface area contributed by atoms with Crippen molar-refractivity contribution < 1.29 is 17.9 Å². The molecule has 2 heterocycles. The number of sulfonamides is 1. The van der Waals surface area contributed by atoms with Crippen molar-refractivity contribution in [1.29, 1.82) is 0 Å². The molecule has 0 bridgehead atoms. The molecule has 0 unspecified atom stereocenters. The molecule has 3 rings (SSSR count). The zero-order chi connectivity index (χ0) is 17.7. The van der Waals surface area contributed by atoms with Crippen molar-refractivity contribution >= 4 is 27.3 Å². The Bertz CT molecular complexity index is 813. The number of carbonyl (C=O) groups is 1. The van der Waals surface area contributed by atoms with E-state index in [4.69, 9.17) is 4.74 Å². The number of benzene rings is 1. The number of amides is 1. The Morgan fingerprint density at radius 1 is 1.20 bits per heavy atom. The number of morpholine rings is 1. The van der Waals surface area contributed by atoms with Gasteiger partial charge in [0, 0.05) is 19.6 Å². The van der Waals surface area contributed by atoms with E-state index in [2.05, 4.69) is 5.32 Å². The van der Waals surface area contributed by atoms with Gasteiger partial charge in [0.1, 0.15) is 0 Å². The van der Waals surface area contributed by atoms with Crippen LogP contribution in [0.15, 0.2) is 46.0 Å². The summed E-state index contributed by atoms with van der Waals surface area (Å²) in [4.78, 5) is 12.3. The molecule has 1 fully saturated rings. The maximum absolute atomic E-state index is 12.9. The van der Waals surface area contributed by atoms with Gasteiger partial charge >= 0.3 is 0 Å². The van der Waals surface area contributed by atoms with Crippen LogP contribution < -0.4 is 5.32 Å². The average Bonchev–Trinajstić information content (AvgIpc) is 3.14. The van der Waals surface area contributed by atoms with E-state index in [1.165, 1.54) is 4.31 Å². The Balaban J connectivity index is 1.71. The van der Waals surface area contributed by atoms with Gasteiger partial charge < -0.3 is 10.1 Å². The van der Waals surface area contributed by atoms with Crippen LogP contribution in [0.5, 0.6) is 0 Å².